The maximum atomic E-state index is 11.6. The van der Waals surface area contributed by atoms with E-state index in [0.29, 0.717) is 27.5 Å². The third kappa shape index (κ3) is 2.98. The Morgan fingerprint density at radius 2 is 1.81 bits per heavy atom. The molecule has 2 heterocycles. The molecule has 27 heavy (non-hydrogen) atoms. The molecule has 134 valence electrons. The molecule has 2 aromatic carbocycles. The standard InChI is InChI=1S/C20H15N3O3S/c1-26-13-9-5-8-12(10-13)16-14-15(21)17(20(24)25)27-19(14)23-18(22-16)11-6-3-2-4-7-11/h2-10H,21H2,1H3,(H,24,25). The van der Waals surface area contributed by atoms with Crippen LogP contribution in [0.4, 0.5) is 5.69 Å². The summed E-state index contributed by atoms with van der Waals surface area (Å²) in [7, 11) is 1.59. The van der Waals surface area contributed by atoms with E-state index in [1.54, 1.807) is 7.11 Å². The maximum absolute atomic E-state index is 11.6. The first-order valence-corrected chi connectivity index (χ1v) is 8.93. The van der Waals surface area contributed by atoms with Crippen LogP contribution >= 0.6 is 11.3 Å². The van der Waals surface area contributed by atoms with E-state index in [1.807, 2.05) is 54.6 Å². The van der Waals surface area contributed by atoms with Gasteiger partial charge in [-0.2, -0.15) is 0 Å². The highest BCUT2D eigenvalue weighted by molar-refractivity contribution is 7.21. The molecule has 0 aliphatic rings. The van der Waals surface area contributed by atoms with Gasteiger partial charge in [0.2, 0.25) is 0 Å². The number of aromatic nitrogens is 2. The van der Waals surface area contributed by atoms with Crippen molar-refractivity contribution in [2.45, 2.75) is 0 Å². The van der Waals surface area contributed by atoms with Crippen molar-refractivity contribution >= 4 is 33.2 Å². The Morgan fingerprint density at radius 3 is 2.52 bits per heavy atom. The van der Waals surface area contributed by atoms with Gasteiger partial charge in [-0.25, -0.2) is 14.8 Å². The normalized spacial score (nSPS) is 10.9. The molecule has 0 radical (unpaired) electrons. The molecule has 6 nitrogen and oxygen atoms in total. The zero-order valence-corrected chi connectivity index (χ0v) is 15.2. The molecular weight excluding hydrogens is 362 g/mol. The summed E-state index contributed by atoms with van der Waals surface area (Å²) in [6.45, 7) is 0. The van der Waals surface area contributed by atoms with E-state index >= 15 is 0 Å². The summed E-state index contributed by atoms with van der Waals surface area (Å²) in [5.41, 5.74) is 8.54. The number of thiophene rings is 1. The van der Waals surface area contributed by atoms with Crippen molar-refractivity contribution in [3.05, 3.63) is 59.5 Å². The molecule has 0 aliphatic heterocycles. The minimum Gasteiger partial charge on any atom is -0.497 e. The molecule has 0 aliphatic carbocycles. The monoisotopic (exact) mass is 377 g/mol. The molecule has 3 N–H and O–H groups in total. The number of nitrogen functional groups attached to an aromatic ring is 1. The summed E-state index contributed by atoms with van der Waals surface area (Å²) in [6.07, 6.45) is 0. The quantitative estimate of drug-likeness (QED) is 0.550. The molecule has 0 fully saturated rings. The van der Waals surface area contributed by atoms with Crippen LogP contribution in [-0.4, -0.2) is 28.2 Å². The molecule has 4 rings (SSSR count). The second-order valence-electron chi connectivity index (χ2n) is 5.82. The van der Waals surface area contributed by atoms with Gasteiger partial charge in [-0.3, -0.25) is 0 Å². The lowest BCUT2D eigenvalue weighted by Crippen LogP contribution is -1.99. The maximum Gasteiger partial charge on any atom is 0.348 e. The van der Waals surface area contributed by atoms with Gasteiger partial charge >= 0.3 is 5.97 Å². The predicted molar refractivity (Wildman–Crippen MR) is 106 cm³/mol. The Balaban J connectivity index is 2.06. The zero-order valence-electron chi connectivity index (χ0n) is 14.3. The lowest BCUT2D eigenvalue weighted by Gasteiger charge is -2.09. The molecular formula is C20H15N3O3S. The highest BCUT2D eigenvalue weighted by Crippen LogP contribution is 2.40. The van der Waals surface area contributed by atoms with Crippen molar-refractivity contribution in [2.75, 3.05) is 12.8 Å². The average molecular weight is 377 g/mol. The van der Waals surface area contributed by atoms with Gasteiger partial charge in [0.15, 0.2) is 5.82 Å². The van der Waals surface area contributed by atoms with Crippen LogP contribution in [0.3, 0.4) is 0 Å². The summed E-state index contributed by atoms with van der Waals surface area (Å²) in [5.74, 6) is 0.111. The van der Waals surface area contributed by atoms with Crippen LogP contribution in [0, 0.1) is 0 Å². The number of rotatable bonds is 4. The number of carboxylic acids is 1. The molecule has 0 bridgehead atoms. The molecule has 2 aromatic heterocycles. The van der Waals surface area contributed by atoms with Gasteiger partial charge in [-0.1, -0.05) is 42.5 Å². The number of benzene rings is 2. The minimum absolute atomic E-state index is 0.0636. The second kappa shape index (κ2) is 6.69. The van der Waals surface area contributed by atoms with Crippen LogP contribution in [0.1, 0.15) is 9.67 Å². The highest BCUT2D eigenvalue weighted by atomic mass is 32.1. The number of hydrogen-bond acceptors (Lipinski definition) is 6. The smallest absolute Gasteiger partial charge is 0.348 e. The summed E-state index contributed by atoms with van der Waals surface area (Å²) in [5, 5.41) is 10.0. The van der Waals surface area contributed by atoms with Crippen LogP contribution in [0.15, 0.2) is 54.6 Å². The summed E-state index contributed by atoms with van der Waals surface area (Å²) in [6, 6.07) is 16.9. The Bertz CT molecular complexity index is 1160. The number of anilines is 1. The summed E-state index contributed by atoms with van der Waals surface area (Å²) >= 11 is 1.05. The van der Waals surface area contributed by atoms with Gasteiger partial charge in [-0.05, 0) is 12.1 Å². The fourth-order valence-corrected chi connectivity index (χ4v) is 3.81. The number of ether oxygens (including phenoxy) is 1. The highest BCUT2D eigenvalue weighted by Gasteiger charge is 2.22. The first-order valence-electron chi connectivity index (χ1n) is 8.11. The van der Waals surface area contributed by atoms with E-state index < -0.39 is 5.97 Å². The van der Waals surface area contributed by atoms with E-state index in [1.165, 1.54) is 0 Å². The molecule has 7 heteroatoms. The van der Waals surface area contributed by atoms with E-state index in [2.05, 4.69) is 4.98 Å². The Hall–Kier alpha value is -3.45. The first-order chi connectivity index (χ1) is 13.1. The molecule has 0 saturated heterocycles. The van der Waals surface area contributed by atoms with E-state index in [9.17, 15) is 9.90 Å². The van der Waals surface area contributed by atoms with Gasteiger partial charge in [0.05, 0.1) is 23.9 Å². The van der Waals surface area contributed by atoms with Crippen LogP contribution in [0.2, 0.25) is 0 Å². The van der Waals surface area contributed by atoms with Crippen molar-refractivity contribution in [3.8, 4) is 28.4 Å². The SMILES string of the molecule is COc1cccc(-c2nc(-c3ccccc3)nc3sc(C(=O)O)c(N)c23)c1. The molecule has 0 atom stereocenters. The fourth-order valence-electron chi connectivity index (χ4n) is 2.88. The Kier molecular flexibility index (Phi) is 4.21. The molecule has 0 spiro atoms. The predicted octanol–water partition coefficient (Wildman–Crippen LogP) is 4.31. The summed E-state index contributed by atoms with van der Waals surface area (Å²) < 4.78 is 5.31. The third-order valence-corrected chi connectivity index (χ3v) is 5.25. The van der Waals surface area contributed by atoms with Crippen molar-refractivity contribution in [1.82, 2.24) is 9.97 Å². The second-order valence-corrected chi connectivity index (χ2v) is 6.82. The number of carbonyl (C=O) groups is 1. The van der Waals surface area contributed by atoms with E-state index in [-0.39, 0.29) is 10.6 Å². The van der Waals surface area contributed by atoms with Crippen LogP contribution < -0.4 is 10.5 Å². The Morgan fingerprint density at radius 1 is 1.07 bits per heavy atom. The fraction of sp³-hybridized carbons (Fsp3) is 0.0500. The van der Waals surface area contributed by atoms with Gasteiger partial charge in [0, 0.05) is 11.1 Å². The number of hydrogen-bond donors (Lipinski definition) is 2. The molecule has 0 unspecified atom stereocenters. The zero-order chi connectivity index (χ0) is 19.0. The summed E-state index contributed by atoms with van der Waals surface area (Å²) in [4.78, 5) is 21.4. The largest absolute Gasteiger partial charge is 0.497 e. The lowest BCUT2D eigenvalue weighted by atomic mass is 10.1. The molecule has 4 aromatic rings. The van der Waals surface area contributed by atoms with Crippen LogP contribution in [-0.2, 0) is 0 Å². The van der Waals surface area contributed by atoms with Crippen molar-refractivity contribution in [1.29, 1.82) is 0 Å². The lowest BCUT2D eigenvalue weighted by molar-refractivity contribution is 0.0703. The minimum atomic E-state index is -1.08. The molecule has 0 amide bonds. The van der Waals surface area contributed by atoms with Gasteiger partial charge in [0.1, 0.15) is 15.5 Å². The number of fused-ring (bicyclic) bond motifs is 1. The topological polar surface area (TPSA) is 98.3 Å². The number of aromatic carboxylic acids is 1. The average Bonchev–Trinajstić information content (AvgIpc) is 3.05. The van der Waals surface area contributed by atoms with E-state index in [4.69, 9.17) is 15.5 Å². The Labute approximate surface area is 158 Å². The van der Waals surface area contributed by atoms with E-state index in [0.717, 1.165) is 22.5 Å². The van der Waals surface area contributed by atoms with Crippen LogP contribution in [0.25, 0.3) is 32.9 Å². The third-order valence-electron chi connectivity index (χ3n) is 4.16. The number of carboxylic acid groups (broad SMARTS) is 1. The van der Waals surface area contributed by atoms with Crippen molar-refractivity contribution < 1.29 is 14.6 Å². The van der Waals surface area contributed by atoms with Crippen molar-refractivity contribution in [2.24, 2.45) is 0 Å². The number of methoxy groups -OCH3 is 1. The van der Waals surface area contributed by atoms with Crippen molar-refractivity contribution in [3.63, 3.8) is 0 Å². The first kappa shape index (κ1) is 17.0. The van der Waals surface area contributed by atoms with Crippen LogP contribution in [0.5, 0.6) is 5.75 Å². The number of nitrogens with two attached hydrogens (primary N) is 1. The van der Waals surface area contributed by atoms with Gasteiger partial charge < -0.3 is 15.6 Å². The molecule has 0 saturated carbocycles. The number of nitrogens with zero attached hydrogens (tertiary/aromatic N) is 2. The van der Waals surface area contributed by atoms with Gasteiger partial charge in [-0.15, -0.1) is 11.3 Å². The van der Waals surface area contributed by atoms with Gasteiger partial charge in [0.25, 0.3) is 0 Å².